The summed E-state index contributed by atoms with van der Waals surface area (Å²) in [4.78, 5) is 29.4. The van der Waals surface area contributed by atoms with Gasteiger partial charge in [0, 0.05) is 24.2 Å². The summed E-state index contributed by atoms with van der Waals surface area (Å²) in [7, 11) is 0. The maximum absolute atomic E-state index is 12.6. The van der Waals surface area contributed by atoms with Crippen molar-refractivity contribution in [2.45, 2.75) is 19.4 Å². The predicted molar refractivity (Wildman–Crippen MR) is 93.4 cm³/mol. The second-order valence-corrected chi connectivity index (χ2v) is 5.96. The number of benzene rings is 2. The fourth-order valence-corrected chi connectivity index (χ4v) is 3.06. The van der Waals surface area contributed by atoms with Crippen LogP contribution in [-0.4, -0.2) is 15.5 Å². The number of amides is 1. The maximum atomic E-state index is 12.6. The van der Waals surface area contributed by atoms with Gasteiger partial charge in [0.1, 0.15) is 5.82 Å². The van der Waals surface area contributed by atoms with Crippen LogP contribution in [0.4, 0.5) is 5.69 Å². The van der Waals surface area contributed by atoms with Crippen molar-refractivity contribution in [2.24, 2.45) is 0 Å². The Balaban J connectivity index is 1.66. The van der Waals surface area contributed by atoms with E-state index in [1.165, 1.54) is 0 Å². The van der Waals surface area contributed by atoms with E-state index in [4.69, 9.17) is 5.26 Å². The third-order valence-electron chi connectivity index (χ3n) is 4.35. The van der Waals surface area contributed by atoms with Crippen LogP contribution in [-0.2, 0) is 13.0 Å². The minimum Gasteiger partial charge on any atom is -0.322 e. The van der Waals surface area contributed by atoms with E-state index >= 15 is 0 Å². The van der Waals surface area contributed by atoms with Gasteiger partial charge in [-0.05, 0) is 48.9 Å². The Labute approximate surface area is 143 Å². The smallest absolute Gasteiger partial charge is 0.261 e. The molecule has 1 amide bonds. The van der Waals surface area contributed by atoms with E-state index in [0.717, 1.165) is 18.7 Å². The molecule has 0 radical (unpaired) electrons. The van der Waals surface area contributed by atoms with Crippen molar-refractivity contribution in [1.82, 2.24) is 9.55 Å². The van der Waals surface area contributed by atoms with Gasteiger partial charge < -0.3 is 5.32 Å². The average Bonchev–Trinajstić information content (AvgIpc) is 3.11. The zero-order chi connectivity index (χ0) is 17.4. The average molecular weight is 330 g/mol. The van der Waals surface area contributed by atoms with Crippen molar-refractivity contribution in [2.75, 3.05) is 5.32 Å². The van der Waals surface area contributed by atoms with E-state index in [9.17, 15) is 9.59 Å². The summed E-state index contributed by atoms with van der Waals surface area (Å²) in [5.41, 5.74) is 2.07. The standard InChI is InChI=1S/C19H14N4O2/c20-11-12-3-5-13(6-4-12)18(24)21-14-7-8-16-15(10-14)19(25)23-9-1-2-17(23)22-16/h3-8,10H,1-2,9H2,(H,21,24). The number of nitrogens with one attached hydrogen (secondary N) is 1. The Morgan fingerprint density at radius 1 is 1.20 bits per heavy atom. The molecule has 0 bridgehead atoms. The summed E-state index contributed by atoms with van der Waals surface area (Å²) in [6, 6.07) is 13.5. The number of rotatable bonds is 2. The van der Waals surface area contributed by atoms with Gasteiger partial charge in [0.25, 0.3) is 11.5 Å². The van der Waals surface area contributed by atoms with Gasteiger partial charge in [0.2, 0.25) is 0 Å². The Kier molecular flexibility index (Phi) is 3.55. The number of carbonyl (C=O) groups is 1. The van der Waals surface area contributed by atoms with Gasteiger partial charge in [-0.2, -0.15) is 5.26 Å². The SMILES string of the molecule is N#Cc1ccc(C(=O)Nc2ccc3nc4n(c(=O)c3c2)CCC4)cc1. The second-order valence-electron chi connectivity index (χ2n) is 5.96. The van der Waals surface area contributed by atoms with Crippen LogP contribution in [0.1, 0.15) is 28.2 Å². The van der Waals surface area contributed by atoms with Crippen LogP contribution in [0.15, 0.2) is 47.3 Å². The number of hydrogen-bond donors (Lipinski definition) is 1. The molecule has 122 valence electrons. The zero-order valence-corrected chi connectivity index (χ0v) is 13.3. The van der Waals surface area contributed by atoms with Crippen molar-refractivity contribution in [1.29, 1.82) is 5.26 Å². The lowest BCUT2D eigenvalue weighted by atomic mass is 10.1. The van der Waals surface area contributed by atoms with Crippen LogP contribution < -0.4 is 10.9 Å². The predicted octanol–water partition coefficient (Wildman–Crippen LogP) is 2.47. The Morgan fingerprint density at radius 2 is 2.00 bits per heavy atom. The minimum atomic E-state index is -0.293. The molecule has 0 fully saturated rings. The molecule has 0 saturated carbocycles. The molecule has 0 atom stereocenters. The van der Waals surface area contributed by atoms with Crippen molar-refractivity contribution >= 4 is 22.5 Å². The van der Waals surface area contributed by atoms with Gasteiger partial charge >= 0.3 is 0 Å². The highest BCUT2D eigenvalue weighted by molar-refractivity contribution is 6.05. The number of aryl methyl sites for hydroxylation is 1. The molecule has 0 aliphatic carbocycles. The topological polar surface area (TPSA) is 87.8 Å². The van der Waals surface area contributed by atoms with Gasteiger partial charge in [0.15, 0.2) is 0 Å². The number of aromatic nitrogens is 2. The van der Waals surface area contributed by atoms with E-state index in [2.05, 4.69) is 10.3 Å². The molecule has 2 aromatic carbocycles. The highest BCUT2D eigenvalue weighted by atomic mass is 16.1. The lowest BCUT2D eigenvalue weighted by Crippen LogP contribution is -2.21. The molecule has 0 spiro atoms. The van der Waals surface area contributed by atoms with Crippen LogP contribution in [0.5, 0.6) is 0 Å². The Morgan fingerprint density at radius 3 is 2.76 bits per heavy atom. The molecule has 2 heterocycles. The molecule has 6 heteroatoms. The summed E-state index contributed by atoms with van der Waals surface area (Å²) >= 11 is 0. The Bertz CT molecular complexity index is 1090. The summed E-state index contributed by atoms with van der Waals surface area (Å²) in [6.07, 6.45) is 1.75. The molecule has 1 aromatic heterocycles. The number of anilines is 1. The van der Waals surface area contributed by atoms with Crippen LogP contribution in [0.2, 0.25) is 0 Å². The first-order chi connectivity index (χ1) is 12.2. The van der Waals surface area contributed by atoms with Crippen LogP contribution >= 0.6 is 0 Å². The molecule has 1 N–H and O–H groups in total. The van der Waals surface area contributed by atoms with Crippen molar-refractivity contribution in [3.63, 3.8) is 0 Å². The van der Waals surface area contributed by atoms with Crippen molar-refractivity contribution in [3.8, 4) is 6.07 Å². The van der Waals surface area contributed by atoms with Gasteiger partial charge in [-0.15, -0.1) is 0 Å². The molecule has 3 aromatic rings. The molecule has 0 unspecified atom stereocenters. The lowest BCUT2D eigenvalue weighted by molar-refractivity contribution is 0.102. The molecular formula is C19H14N4O2. The summed E-state index contributed by atoms with van der Waals surface area (Å²) < 4.78 is 1.70. The van der Waals surface area contributed by atoms with E-state index in [0.29, 0.717) is 34.3 Å². The fourth-order valence-electron chi connectivity index (χ4n) is 3.06. The first-order valence-corrected chi connectivity index (χ1v) is 8.01. The van der Waals surface area contributed by atoms with Gasteiger partial charge in [0.05, 0.1) is 22.5 Å². The zero-order valence-electron chi connectivity index (χ0n) is 13.3. The van der Waals surface area contributed by atoms with E-state index in [1.807, 2.05) is 6.07 Å². The summed E-state index contributed by atoms with van der Waals surface area (Å²) in [5.74, 6) is 0.532. The van der Waals surface area contributed by atoms with Crippen molar-refractivity contribution < 1.29 is 4.79 Å². The van der Waals surface area contributed by atoms with Crippen molar-refractivity contribution in [3.05, 3.63) is 69.8 Å². The first kappa shape index (κ1) is 15.1. The second kappa shape index (κ2) is 5.87. The third kappa shape index (κ3) is 2.66. The molecule has 6 nitrogen and oxygen atoms in total. The number of fused-ring (bicyclic) bond motifs is 2. The van der Waals surface area contributed by atoms with Crippen LogP contribution in [0.25, 0.3) is 10.9 Å². The number of nitriles is 1. The highest BCUT2D eigenvalue weighted by Gasteiger charge is 2.16. The van der Waals surface area contributed by atoms with E-state index in [-0.39, 0.29) is 11.5 Å². The van der Waals surface area contributed by atoms with Gasteiger partial charge in [-0.25, -0.2) is 4.98 Å². The maximum Gasteiger partial charge on any atom is 0.261 e. The van der Waals surface area contributed by atoms with E-state index < -0.39 is 0 Å². The lowest BCUT2D eigenvalue weighted by Gasteiger charge is -2.08. The third-order valence-corrected chi connectivity index (χ3v) is 4.35. The number of nitrogens with zero attached hydrogens (tertiary/aromatic N) is 3. The fraction of sp³-hybridized carbons (Fsp3) is 0.158. The van der Waals surface area contributed by atoms with Crippen LogP contribution in [0, 0.1) is 11.3 Å². The van der Waals surface area contributed by atoms with E-state index in [1.54, 1.807) is 47.0 Å². The molecule has 1 aliphatic rings. The minimum absolute atomic E-state index is 0.0630. The van der Waals surface area contributed by atoms with Gasteiger partial charge in [-0.3, -0.25) is 14.2 Å². The molecule has 1 aliphatic heterocycles. The molecule has 0 saturated heterocycles. The first-order valence-electron chi connectivity index (χ1n) is 8.01. The molecular weight excluding hydrogens is 316 g/mol. The normalized spacial score (nSPS) is 12.6. The van der Waals surface area contributed by atoms with Gasteiger partial charge in [-0.1, -0.05) is 0 Å². The molecule has 25 heavy (non-hydrogen) atoms. The number of carbonyl (C=O) groups excluding carboxylic acids is 1. The van der Waals surface area contributed by atoms with Crippen LogP contribution in [0.3, 0.4) is 0 Å². The quantitative estimate of drug-likeness (QED) is 0.782. The monoisotopic (exact) mass is 330 g/mol. The summed E-state index contributed by atoms with van der Waals surface area (Å²) in [6.45, 7) is 0.693. The largest absolute Gasteiger partial charge is 0.322 e. The highest BCUT2D eigenvalue weighted by Crippen LogP contribution is 2.19. The molecule has 4 rings (SSSR count). The Hall–Kier alpha value is -3.46. The number of hydrogen-bond acceptors (Lipinski definition) is 4. The summed E-state index contributed by atoms with van der Waals surface area (Å²) in [5, 5.41) is 12.1.